The van der Waals surface area contributed by atoms with Crippen molar-refractivity contribution in [3.8, 4) is 5.75 Å². The maximum atomic E-state index is 13.3. The van der Waals surface area contributed by atoms with E-state index in [2.05, 4.69) is 10.3 Å². The Labute approximate surface area is 122 Å². The van der Waals surface area contributed by atoms with Crippen LogP contribution in [0, 0.1) is 11.8 Å². The van der Waals surface area contributed by atoms with Crippen LogP contribution in [-0.4, -0.2) is 25.3 Å². The molecule has 0 aliphatic heterocycles. The molecule has 0 spiro atoms. The van der Waals surface area contributed by atoms with Crippen molar-refractivity contribution in [1.29, 1.82) is 0 Å². The van der Waals surface area contributed by atoms with Gasteiger partial charge in [-0.1, -0.05) is 12.8 Å². The zero-order chi connectivity index (χ0) is 15.5. The highest BCUT2D eigenvalue weighted by Gasteiger charge is 2.47. The van der Waals surface area contributed by atoms with Gasteiger partial charge in [-0.25, -0.2) is 0 Å². The zero-order valence-electron chi connectivity index (χ0n) is 12.3. The summed E-state index contributed by atoms with van der Waals surface area (Å²) in [6.45, 7) is 0. The molecule has 3 unspecified atom stereocenters. The van der Waals surface area contributed by atoms with Crippen molar-refractivity contribution in [3.63, 3.8) is 0 Å². The van der Waals surface area contributed by atoms with Gasteiger partial charge >= 0.3 is 6.18 Å². The van der Waals surface area contributed by atoms with E-state index >= 15 is 0 Å². The largest absolute Gasteiger partial charge is 0.495 e. The highest BCUT2D eigenvalue weighted by atomic mass is 19.4. The van der Waals surface area contributed by atoms with Crippen LogP contribution in [0.4, 0.5) is 13.2 Å². The molecule has 2 rings (SSSR count). The number of aromatic nitrogens is 1. The summed E-state index contributed by atoms with van der Waals surface area (Å²) in [5.41, 5.74) is 0.748. The number of ether oxygens (including phenoxy) is 1. The Morgan fingerprint density at radius 2 is 2.00 bits per heavy atom. The van der Waals surface area contributed by atoms with E-state index in [0.717, 1.165) is 12.0 Å². The van der Waals surface area contributed by atoms with Crippen LogP contribution in [0.5, 0.6) is 5.75 Å². The van der Waals surface area contributed by atoms with Gasteiger partial charge in [0.05, 0.1) is 19.2 Å². The Morgan fingerprint density at radius 1 is 1.29 bits per heavy atom. The van der Waals surface area contributed by atoms with Crippen LogP contribution in [0.3, 0.4) is 0 Å². The third-order valence-corrected chi connectivity index (χ3v) is 4.31. The molecule has 21 heavy (non-hydrogen) atoms. The molecule has 3 atom stereocenters. The summed E-state index contributed by atoms with van der Waals surface area (Å²) in [4.78, 5) is 4.06. The molecule has 6 heteroatoms. The normalized spacial score (nSPS) is 24.6. The second-order valence-corrected chi connectivity index (χ2v) is 5.52. The van der Waals surface area contributed by atoms with Crippen molar-refractivity contribution in [2.24, 2.45) is 11.8 Å². The van der Waals surface area contributed by atoms with Crippen LogP contribution in [0.1, 0.15) is 37.3 Å². The van der Waals surface area contributed by atoms with Gasteiger partial charge in [-0.15, -0.1) is 0 Å². The number of nitrogens with one attached hydrogen (secondary N) is 1. The number of nitrogens with zero attached hydrogens (tertiary/aromatic N) is 1. The van der Waals surface area contributed by atoms with Crippen LogP contribution in [0.15, 0.2) is 18.5 Å². The van der Waals surface area contributed by atoms with E-state index in [1.54, 1.807) is 25.5 Å². The molecule has 1 fully saturated rings. The topological polar surface area (TPSA) is 34.2 Å². The van der Waals surface area contributed by atoms with Gasteiger partial charge in [-0.05, 0) is 37.4 Å². The van der Waals surface area contributed by atoms with Gasteiger partial charge < -0.3 is 10.1 Å². The Morgan fingerprint density at radius 3 is 2.62 bits per heavy atom. The zero-order valence-corrected chi connectivity index (χ0v) is 12.3. The van der Waals surface area contributed by atoms with E-state index in [1.165, 1.54) is 7.11 Å². The lowest BCUT2D eigenvalue weighted by atomic mass is 9.73. The molecule has 0 amide bonds. The average molecular weight is 302 g/mol. The Kier molecular flexibility index (Phi) is 5.08. The van der Waals surface area contributed by atoms with Gasteiger partial charge in [-0.2, -0.15) is 13.2 Å². The van der Waals surface area contributed by atoms with E-state index < -0.39 is 18.0 Å². The molecule has 0 aromatic carbocycles. The minimum absolute atomic E-state index is 0.212. The van der Waals surface area contributed by atoms with Crippen LogP contribution in [0.2, 0.25) is 0 Å². The van der Waals surface area contributed by atoms with E-state index in [1.807, 2.05) is 0 Å². The predicted molar refractivity (Wildman–Crippen MR) is 74.1 cm³/mol. The number of pyridine rings is 1. The van der Waals surface area contributed by atoms with Gasteiger partial charge in [0, 0.05) is 12.2 Å². The second kappa shape index (κ2) is 6.64. The Hall–Kier alpha value is -1.30. The van der Waals surface area contributed by atoms with E-state index in [4.69, 9.17) is 4.74 Å². The molecule has 0 bridgehead atoms. The lowest BCUT2D eigenvalue weighted by Gasteiger charge is -2.38. The summed E-state index contributed by atoms with van der Waals surface area (Å²) in [5, 5.41) is 3.05. The third kappa shape index (κ3) is 3.67. The summed E-state index contributed by atoms with van der Waals surface area (Å²) < 4.78 is 45.0. The molecule has 3 nitrogen and oxygen atoms in total. The molecule has 1 aliphatic rings. The highest BCUT2D eigenvalue weighted by Crippen LogP contribution is 2.46. The van der Waals surface area contributed by atoms with E-state index in [9.17, 15) is 13.2 Å². The SMILES string of the molecule is CNC(c1cncc(OC)c1)C1CCCCC1C(F)(F)F. The van der Waals surface area contributed by atoms with Gasteiger partial charge in [0.25, 0.3) is 0 Å². The van der Waals surface area contributed by atoms with Crippen molar-refractivity contribution in [2.45, 2.75) is 37.9 Å². The van der Waals surface area contributed by atoms with Crippen molar-refractivity contribution in [3.05, 3.63) is 24.0 Å². The standard InChI is InChI=1S/C15H21F3N2O/c1-19-14(10-7-11(21-2)9-20-8-10)12-5-3-4-6-13(12)15(16,17)18/h7-9,12-14,19H,3-6H2,1-2H3. The summed E-state index contributed by atoms with van der Waals surface area (Å²) in [5.74, 6) is -1.15. The van der Waals surface area contributed by atoms with Gasteiger partial charge in [0.15, 0.2) is 0 Å². The fourth-order valence-corrected chi connectivity index (χ4v) is 3.31. The first-order valence-electron chi connectivity index (χ1n) is 7.20. The molecule has 1 aromatic heterocycles. The first-order valence-corrected chi connectivity index (χ1v) is 7.20. The number of hydrogen-bond acceptors (Lipinski definition) is 3. The molecule has 1 aromatic rings. The third-order valence-electron chi connectivity index (χ3n) is 4.31. The van der Waals surface area contributed by atoms with E-state index in [-0.39, 0.29) is 12.5 Å². The summed E-state index contributed by atoms with van der Waals surface area (Å²) in [6, 6.07) is 1.40. The minimum Gasteiger partial charge on any atom is -0.495 e. The highest BCUT2D eigenvalue weighted by molar-refractivity contribution is 5.26. The summed E-state index contributed by atoms with van der Waals surface area (Å²) >= 11 is 0. The smallest absolute Gasteiger partial charge is 0.392 e. The van der Waals surface area contributed by atoms with Crippen LogP contribution in [0.25, 0.3) is 0 Å². The molecular formula is C15H21F3N2O. The second-order valence-electron chi connectivity index (χ2n) is 5.52. The lowest BCUT2D eigenvalue weighted by molar-refractivity contribution is -0.199. The number of rotatable bonds is 4. The first-order chi connectivity index (χ1) is 9.97. The molecule has 0 radical (unpaired) electrons. The lowest BCUT2D eigenvalue weighted by Crippen LogP contribution is -2.40. The molecular weight excluding hydrogens is 281 g/mol. The van der Waals surface area contributed by atoms with Gasteiger partial charge in [-0.3, -0.25) is 4.98 Å². The maximum Gasteiger partial charge on any atom is 0.392 e. The fourth-order valence-electron chi connectivity index (χ4n) is 3.31. The Balaban J connectivity index is 2.29. The number of halogens is 3. The Bertz CT molecular complexity index is 464. The first kappa shape index (κ1) is 16.1. The summed E-state index contributed by atoms with van der Waals surface area (Å²) in [6.07, 6.45) is 1.30. The van der Waals surface area contributed by atoms with Gasteiger partial charge in [0.2, 0.25) is 0 Å². The molecule has 1 saturated carbocycles. The van der Waals surface area contributed by atoms with Crippen molar-refractivity contribution >= 4 is 0 Å². The number of alkyl halides is 3. The minimum atomic E-state index is -4.15. The molecule has 1 heterocycles. The summed E-state index contributed by atoms with van der Waals surface area (Å²) in [7, 11) is 3.22. The van der Waals surface area contributed by atoms with Crippen LogP contribution in [-0.2, 0) is 0 Å². The monoisotopic (exact) mass is 302 g/mol. The van der Waals surface area contributed by atoms with Crippen molar-refractivity contribution in [2.75, 3.05) is 14.2 Å². The molecule has 1 aliphatic carbocycles. The van der Waals surface area contributed by atoms with Crippen LogP contribution < -0.4 is 10.1 Å². The quantitative estimate of drug-likeness (QED) is 0.920. The number of methoxy groups -OCH3 is 1. The predicted octanol–water partition coefficient (Wildman–Crippen LogP) is 3.72. The van der Waals surface area contributed by atoms with Crippen molar-refractivity contribution < 1.29 is 17.9 Å². The van der Waals surface area contributed by atoms with Crippen molar-refractivity contribution in [1.82, 2.24) is 10.3 Å². The molecule has 118 valence electrons. The van der Waals surface area contributed by atoms with Crippen LogP contribution >= 0.6 is 0 Å². The number of hydrogen-bond donors (Lipinski definition) is 1. The fraction of sp³-hybridized carbons (Fsp3) is 0.667. The maximum absolute atomic E-state index is 13.3. The van der Waals surface area contributed by atoms with Gasteiger partial charge in [0.1, 0.15) is 5.75 Å². The molecule has 1 N–H and O–H groups in total. The van der Waals surface area contributed by atoms with E-state index in [0.29, 0.717) is 18.6 Å². The molecule has 0 saturated heterocycles. The average Bonchev–Trinajstić information content (AvgIpc) is 2.48.